The summed E-state index contributed by atoms with van der Waals surface area (Å²) >= 11 is 0. The molecule has 34 heavy (non-hydrogen) atoms. The number of hydrogen-bond acceptors (Lipinski definition) is 4. The van der Waals surface area contributed by atoms with Crippen LogP contribution in [0.3, 0.4) is 0 Å². The maximum atomic E-state index is 11.2. The highest BCUT2D eigenvalue weighted by Crippen LogP contribution is 2.19. The lowest BCUT2D eigenvalue weighted by Gasteiger charge is -2.22. The number of carbonyl (C=O) groups is 1. The van der Waals surface area contributed by atoms with Crippen molar-refractivity contribution >= 4 is 22.9 Å². The minimum absolute atomic E-state index is 0.550. The number of nitrogens with one attached hydrogen (secondary N) is 2. The van der Waals surface area contributed by atoms with Gasteiger partial charge in [0.05, 0.1) is 0 Å². The number of benzene rings is 3. The number of amides is 1. The van der Waals surface area contributed by atoms with Gasteiger partial charge in [-0.25, -0.2) is 5.48 Å². The summed E-state index contributed by atoms with van der Waals surface area (Å²) in [5.41, 5.74) is 6.14. The molecule has 6 nitrogen and oxygen atoms in total. The van der Waals surface area contributed by atoms with Gasteiger partial charge < -0.3 is 9.72 Å². The van der Waals surface area contributed by atoms with Gasteiger partial charge in [-0.3, -0.25) is 14.9 Å². The smallest absolute Gasteiger partial charge is 0.267 e. The molecular formula is C28H29N3O3. The Labute approximate surface area is 199 Å². The van der Waals surface area contributed by atoms with Crippen molar-refractivity contribution in [3.8, 4) is 5.75 Å². The number of para-hydroxylation sites is 2. The maximum Gasteiger partial charge on any atom is 0.267 e. The van der Waals surface area contributed by atoms with Gasteiger partial charge in [0.25, 0.3) is 5.91 Å². The normalized spacial score (nSPS) is 11.4. The van der Waals surface area contributed by atoms with Gasteiger partial charge in [0.2, 0.25) is 0 Å². The molecule has 0 radical (unpaired) electrons. The number of H-pyrrole nitrogens is 1. The molecule has 3 N–H and O–H groups in total. The molecule has 0 saturated carbocycles. The highest BCUT2D eigenvalue weighted by molar-refractivity contribution is 5.90. The Balaban J connectivity index is 1.40. The maximum absolute atomic E-state index is 11.2. The van der Waals surface area contributed by atoms with Crippen molar-refractivity contribution in [2.24, 2.45) is 0 Å². The summed E-state index contributed by atoms with van der Waals surface area (Å²) in [6.45, 7) is 3.10. The highest BCUT2D eigenvalue weighted by Gasteiger charge is 2.10. The summed E-state index contributed by atoms with van der Waals surface area (Å²) in [7, 11) is 0. The Kier molecular flexibility index (Phi) is 8.11. The molecule has 0 spiro atoms. The topological polar surface area (TPSA) is 77.6 Å². The number of hydrogen-bond donors (Lipinski definition) is 3. The fourth-order valence-corrected chi connectivity index (χ4v) is 3.90. The largest absolute Gasteiger partial charge is 0.492 e. The zero-order chi connectivity index (χ0) is 23.6. The van der Waals surface area contributed by atoms with Gasteiger partial charge in [-0.05, 0) is 47.4 Å². The molecule has 0 fully saturated rings. The lowest BCUT2D eigenvalue weighted by Crippen LogP contribution is -2.30. The van der Waals surface area contributed by atoms with Gasteiger partial charge in [0.1, 0.15) is 12.4 Å². The van der Waals surface area contributed by atoms with E-state index >= 15 is 0 Å². The highest BCUT2D eigenvalue weighted by atomic mass is 16.5. The van der Waals surface area contributed by atoms with E-state index in [0.29, 0.717) is 6.61 Å². The molecule has 174 valence electrons. The lowest BCUT2D eigenvalue weighted by atomic mass is 10.1. The van der Waals surface area contributed by atoms with Crippen LogP contribution in [0, 0.1) is 0 Å². The molecule has 4 rings (SSSR count). The number of nitrogens with zero attached hydrogens (tertiary/aromatic N) is 1. The zero-order valence-corrected chi connectivity index (χ0v) is 19.0. The molecule has 1 aromatic heterocycles. The quantitative estimate of drug-likeness (QED) is 0.172. The van der Waals surface area contributed by atoms with Crippen LogP contribution < -0.4 is 10.2 Å². The van der Waals surface area contributed by atoms with Crippen molar-refractivity contribution in [3.63, 3.8) is 0 Å². The number of carbonyl (C=O) groups excluding carboxylic acids is 1. The van der Waals surface area contributed by atoms with E-state index in [1.807, 2.05) is 48.5 Å². The van der Waals surface area contributed by atoms with Gasteiger partial charge in [-0.1, -0.05) is 60.7 Å². The first kappa shape index (κ1) is 23.3. The molecule has 0 bridgehead atoms. The molecule has 0 aliphatic carbocycles. The van der Waals surface area contributed by atoms with Crippen LogP contribution in [0.15, 0.2) is 91.1 Å². The fraction of sp³-hybridized carbons (Fsp3) is 0.179. The number of hydroxylamine groups is 1. The molecule has 0 saturated heterocycles. The van der Waals surface area contributed by atoms with Crippen molar-refractivity contribution in [3.05, 3.63) is 108 Å². The third-order valence-corrected chi connectivity index (χ3v) is 5.71. The molecule has 4 aromatic rings. The first-order valence-corrected chi connectivity index (χ1v) is 11.4. The molecule has 3 aromatic carbocycles. The van der Waals surface area contributed by atoms with Crippen LogP contribution in [0.1, 0.15) is 16.7 Å². The second-order valence-corrected chi connectivity index (χ2v) is 8.10. The van der Waals surface area contributed by atoms with Crippen LogP contribution in [0.25, 0.3) is 17.0 Å². The first-order valence-electron chi connectivity index (χ1n) is 11.4. The van der Waals surface area contributed by atoms with Crippen LogP contribution >= 0.6 is 0 Å². The molecule has 0 unspecified atom stereocenters. The SMILES string of the molecule is O=C(C=Cc1ccc(CN(CCOc2ccccc2)CCc2c[nH]c3ccccc23)cc1)NO. The van der Waals surface area contributed by atoms with Gasteiger partial charge >= 0.3 is 0 Å². The number of fused-ring (bicyclic) bond motifs is 1. The lowest BCUT2D eigenvalue weighted by molar-refractivity contribution is -0.124. The monoisotopic (exact) mass is 455 g/mol. The van der Waals surface area contributed by atoms with Gasteiger partial charge in [-0.2, -0.15) is 0 Å². The Bertz CT molecular complexity index is 1220. The van der Waals surface area contributed by atoms with E-state index in [2.05, 4.69) is 46.4 Å². The number of rotatable bonds is 11. The predicted molar refractivity (Wildman–Crippen MR) is 135 cm³/mol. The standard InChI is InChI=1S/C28H29N3O3/c32-28(30-33)15-14-22-10-12-23(13-11-22)21-31(18-19-34-25-6-2-1-3-7-25)17-16-24-20-29-27-9-5-4-8-26(24)27/h1-15,20,29,33H,16-19,21H2,(H,30,32). The molecule has 6 heteroatoms. The van der Waals surface area contributed by atoms with E-state index in [-0.39, 0.29) is 0 Å². The van der Waals surface area contributed by atoms with Crippen molar-refractivity contribution in [1.82, 2.24) is 15.4 Å². The average Bonchev–Trinajstić information content (AvgIpc) is 3.30. The summed E-state index contributed by atoms with van der Waals surface area (Å²) in [6.07, 6.45) is 6.00. The summed E-state index contributed by atoms with van der Waals surface area (Å²) in [6, 6.07) is 26.3. The minimum Gasteiger partial charge on any atom is -0.492 e. The summed E-state index contributed by atoms with van der Waals surface area (Å²) in [5, 5.41) is 9.88. The van der Waals surface area contributed by atoms with Crippen molar-refractivity contribution in [2.45, 2.75) is 13.0 Å². The second-order valence-electron chi connectivity index (χ2n) is 8.10. The Morgan fingerprint density at radius 2 is 1.74 bits per heavy atom. The Hall–Kier alpha value is -3.87. The molecule has 0 aliphatic heterocycles. The minimum atomic E-state index is -0.550. The van der Waals surface area contributed by atoms with Crippen molar-refractivity contribution in [1.29, 1.82) is 0 Å². The van der Waals surface area contributed by atoms with Crippen molar-refractivity contribution < 1.29 is 14.7 Å². The average molecular weight is 456 g/mol. The van der Waals surface area contributed by atoms with Crippen LogP contribution in [-0.2, 0) is 17.8 Å². The molecule has 1 heterocycles. The molecule has 0 aliphatic rings. The first-order chi connectivity index (χ1) is 16.7. The van der Waals surface area contributed by atoms with E-state index in [1.54, 1.807) is 11.6 Å². The Morgan fingerprint density at radius 1 is 0.971 bits per heavy atom. The third kappa shape index (κ3) is 6.57. The fourth-order valence-electron chi connectivity index (χ4n) is 3.90. The van der Waals surface area contributed by atoms with Crippen LogP contribution in [0.4, 0.5) is 0 Å². The van der Waals surface area contributed by atoms with Gasteiger partial charge in [0, 0.05) is 42.8 Å². The Morgan fingerprint density at radius 3 is 2.53 bits per heavy atom. The van der Waals surface area contributed by atoms with E-state index < -0.39 is 5.91 Å². The predicted octanol–water partition coefficient (Wildman–Crippen LogP) is 4.81. The van der Waals surface area contributed by atoms with E-state index in [9.17, 15) is 4.79 Å². The van der Waals surface area contributed by atoms with E-state index in [0.717, 1.165) is 42.9 Å². The molecular weight excluding hydrogens is 426 g/mol. The summed E-state index contributed by atoms with van der Waals surface area (Å²) in [4.78, 5) is 16.9. The molecule has 0 atom stereocenters. The summed E-state index contributed by atoms with van der Waals surface area (Å²) in [5.74, 6) is 0.327. The van der Waals surface area contributed by atoms with Crippen LogP contribution in [-0.4, -0.2) is 40.7 Å². The second kappa shape index (κ2) is 11.8. The number of aromatic nitrogens is 1. The van der Waals surface area contributed by atoms with Crippen LogP contribution in [0.5, 0.6) is 5.75 Å². The van der Waals surface area contributed by atoms with E-state index in [1.165, 1.54) is 22.6 Å². The number of aromatic amines is 1. The van der Waals surface area contributed by atoms with Crippen LogP contribution in [0.2, 0.25) is 0 Å². The zero-order valence-electron chi connectivity index (χ0n) is 19.0. The molecule has 1 amide bonds. The van der Waals surface area contributed by atoms with Crippen molar-refractivity contribution in [2.75, 3.05) is 19.7 Å². The van der Waals surface area contributed by atoms with Gasteiger partial charge in [-0.15, -0.1) is 0 Å². The summed E-state index contributed by atoms with van der Waals surface area (Å²) < 4.78 is 5.95. The van der Waals surface area contributed by atoms with E-state index in [4.69, 9.17) is 9.94 Å². The number of ether oxygens (including phenoxy) is 1. The third-order valence-electron chi connectivity index (χ3n) is 5.71. The van der Waals surface area contributed by atoms with Gasteiger partial charge in [0.15, 0.2) is 0 Å².